The molecule has 1 aliphatic heterocycles. The molecular weight excluding hydrogens is 362 g/mol. The minimum atomic E-state index is -0.503. The first-order valence-corrected chi connectivity index (χ1v) is 8.94. The number of anilines is 1. The molecule has 1 aliphatic rings. The lowest BCUT2D eigenvalue weighted by atomic mass is 9.96. The van der Waals surface area contributed by atoms with Gasteiger partial charge in [-0.1, -0.05) is 18.2 Å². The number of methoxy groups -OCH3 is 1. The fourth-order valence-corrected chi connectivity index (χ4v) is 3.38. The van der Waals surface area contributed by atoms with E-state index >= 15 is 0 Å². The van der Waals surface area contributed by atoms with Crippen molar-refractivity contribution in [3.8, 4) is 0 Å². The average Bonchev–Trinajstić information content (AvgIpc) is 2.73. The summed E-state index contributed by atoms with van der Waals surface area (Å²) in [5.74, 6) is -0.544. The number of amides is 1. The topological polar surface area (TPSA) is 102 Å². The van der Waals surface area contributed by atoms with Gasteiger partial charge in [-0.25, -0.2) is 4.79 Å². The zero-order valence-electron chi connectivity index (χ0n) is 15.4. The van der Waals surface area contributed by atoms with Gasteiger partial charge in [0.25, 0.3) is 11.6 Å². The van der Waals surface area contributed by atoms with E-state index < -0.39 is 11.0 Å². The first kappa shape index (κ1) is 19.3. The second-order valence-corrected chi connectivity index (χ2v) is 6.58. The van der Waals surface area contributed by atoms with Crippen LogP contribution in [0.2, 0.25) is 0 Å². The second kappa shape index (κ2) is 8.51. The Balaban J connectivity index is 1.78. The molecule has 0 bridgehead atoms. The van der Waals surface area contributed by atoms with Gasteiger partial charge in [0.1, 0.15) is 6.04 Å². The van der Waals surface area contributed by atoms with Crippen molar-refractivity contribution in [3.63, 3.8) is 0 Å². The Morgan fingerprint density at radius 1 is 1.11 bits per heavy atom. The molecule has 1 amide bonds. The van der Waals surface area contributed by atoms with Crippen LogP contribution in [0.3, 0.4) is 0 Å². The Kier molecular flexibility index (Phi) is 5.88. The van der Waals surface area contributed by atoms with Crippen LogP contribution in [-0.4, -0.2) is 42.5 Å². The lowest BCUT2D eigenvalue weighted by Gasteiger charge is -2.39. The first-order valence-electron chi connectivity index (χ1n) is 8.94. The minimum absolute atomic E-state index is 0.0238. The number of nitro groups is 1. The van der Waals surface area contributed by atoms with Crippen LogP contribution in [0.1, 0.15) is 23.2 Å². The van der Waals surface area contributed by atoms with Gasteiger partial charge >= 0.3 is 5.97 Å². The number of nitrogens with one attached hydrogen (secondary N) is 1. The van der Waals surface area contributed by atoms with Crippen LogP contribution in [0.25, 0.3) is 0 Å². The molecule has 28 heavy (non-hydrogen) atoms. The van der Waals surface area contributed by atoms with Crippen molar-refractivity contribution < 1.29 is 19.2 Å². The number of esters is 1. The molecule has 0 aliphatic carbocycles. The number of ether oxygens (including phenoxy) is 1. The number of carbonyl (C=O) groups excluding carboxylic acids is 2. The van der Waals surface area contributed by atoms with Crippen LogP contribution >= 0.6 is 0 Å². The highest BCUT2D eigenvalue weighted by Crippen LogP contribution is 2.27. The van der Waals surface area contributed by atoms with Crippen molar-refractivity contribution in [2.45, 2.75) is 24.9 Å². The molecular formula is C20H21N3O5. The summed E-state index contributed by atoms with van der Waals surface area (Å²) in [5.41, 5.74) is 1.21. The van der Waals surface area contributed by atoms with Gasteiger partial charge in [-0.2, -0.15) is 0 Å². The Hall–Kier alpha value is -3.42. The number of rotatable bonds is 5. The van der Waals surface area contributed by atoms with Gasteiger partial charge in [0.05, 0.1) is 12.0 Å². The minimum Gasteiger partial charge on any atom is -0.467 e. The third-order valence-corrected chi connectivity index (χ3v) is 4.82. The van der Waals surface area contributed by atoms with Gasteiger partial charge < -0.3 is 15.0 Å². The summed E-state index contributed by atoms with van der Waals surface area (Å²) in [7, 11) is 1.33. The zero-order valence-corrected chi connectivity index (χ0v) is 15.4. The molecule has 1 N–H and O–H groups in total. The number of hydrogen-bond acceptors (Lipinski definition) is 6. The molecule has 2 aromatic carbocycles. The van der Waals surface area contributed by atoms with Gasteiger partial charge in [0, 0.05) is 36.0 Å². The molecule has 2 aromatic rings. The van der Waals surface area contributed by atoms with Crippen LogP contribution in [-0.2, 0) is 9.53 Å². The Labute approximate surface area is 162 Å². The summed E-state index contributed by atoms with van der Waals surface area (Å²) >= 11 is 0. The Morgan fingerprint density at radius 3 is 2.39 bits per heavy atom. The third-order valence-electron chi connectivity index (χ3n) is 4.82. The summed E-state index contributed by atoms with van der Waals surface area (Å²) < 4.78 is 4.91. The highest BCUT2D eigenvalue weighted by molar-refractivity contribution is 5.94. The number of nitro benzene ring substituents is 1. The summed E-state index contributed by atoms with van der Waals surface area (Å²) in [6, 6.07) is 14.3. The molecule has 8 heteroatoms. The number of non-ortho nitro benzene ring substituents is 1. The van der Waals surface area contributed by atoms with E-state index in [-0.39, 0.29) is 23.6 Å². The summed E-state index contributed by atoms with van der Waals surface area (Å²) in [6.07, 6.45) is 1.13. The van der Waals surface area contributed by atoms with E-state index in [0.717, 1.165) is 0 Å². The predicted molar refractivity (Wildman–Crippen MR) is 103 cm³/mol. The average molecular weight is 383 g/mol. The quantitative estimate of drug-likeness (QED) is 0.484. The second-order valence-electron chi connectivity index (χ2n) is 6.58. The molecule has 146 valence electrons. The maximum atomic E-state index is 12.5. The van der Waals surface area contributed by atoms with Crippen LogP contribution in [0, 0.1) is 10.1 Å². The molecule has 1 fully saturated rings. The Morgan fingerprint density at radius 2 is 1.79 bits per heavy atom. The lowest BCUT2D eigenvalue weighted by molar-refractivity contribution is -0.384. The van der Waals surface area contributed by atoms with Crippen molar-refractivity contribution in [2.75, 3.05) is 18.6 Å². The molecule has 0 unspecified atom stereocenters. The summed E-state index contributed by atoms with van der Waals surface area (Å²) in [4.78, 5) is 36.9. The van der Waals surface area contributed by atoms with E-state index in [9.17, 15) is 19.7 Å². The molecule has 0 aromatic heterocycles. The van der Waals surface area contributed by atoms with Gasteiger partial charge in [0.15, 0.2) is 0 Å². The molecule has 0 radical (unpaired) electrons. The van der Waals surface area contributed by atoms with Crippen LogP contribution in [0.4, 0.5) is 11.4 Å². The number of nitrogens with zero attached hydrogens (tertiary/aromatic N) is 2. The molecule has 1 saturated heterocycles. The highest BCUT2D eigenvalue weighted by Gasteiger charge is 2.34. The fourth-order valence-electron chi connectivity index (χ4n) is 3.38. The van der Waals surface area contributed by atoms with Crippen LogP contribution in [0.5, 0.6) is 0 Å². The summed E-state index contributed by atoms with van der Waals surface area (Å²) in [5, 5.41) is 13.9. The molecule has 2 atom stereocenters. The largest absolute Gasteiger partial charge is 0.467 e. The van der Waals surface area contributed by atoms with E-state index in [2.05, 4.69) is 5.32 Å². The van der Waals surface area contributed by atoms with Crippen molar-refractivity contribution in [1.29, 1.82) is 0 Å². The van der Waals surface area contributed by atoms with Crippen molar-refractivity contribution in [1.82, 2.24) is 5.32 Å². The third kappa shape index (κ3) is 4.28. The normalized spacial score (nSPS) is 19.0. The predicted octanol–water partition coefficient (Wildman–Crippen LogP) is 2.54. The molecule has 0 saturated carbocycles. The maximum absolute atomic E-state index is 12.5. The van der Waals surface area contributed by atoms with E-state index in [0.29, 0.717) is 30.6 Å². The molecule has 8 nitrogen and oxygen atoms in total. The molecule has 1 heterocycles. The number of carbonyl (C=O) groups is 2. The zero-order chi connectivity index (χ0) is 20.1. The van der Waals surface area contributed by atoms with E-state index in [4.69, 9.17) is 4.74 Å². The highest BCUT2D eigenvalue weighted by atomic mass is 16.6. The maximum Gasteiger partial charge on any atom is 0.328 e. The van der Waals surface area contributed by atoms with Crippen molar-refractivity contribution in [2.24, 2.45) is 0 Å². The first-order chi connectivity index (χ1) is 13.5. The van der Waals surface area contributed by atoms with E-state index in [1.54, 1.807) is 36.4 Å². The number of piperidine rings is 1. The monoisotopic (exact) mass is 383 g/mol. The molecule has 3 rings (SSSR count). The lowest BCUT2D eigenvalue weighted by Crippen LogP contribution is -2.54. The Bertz CT molecular complexity index is 854. The van der Waals surface area contributed by atoms with Crippen molar-refractivity contribution in [3.05, 3.63) is 70.3 Å². The smallest absolute Gasteiger partial charge is 0.328 e. The number of hydrogen-bond donors (Lipinski definition) is 1. The fraction of sp³-hybridized carbons (Fsp3) is 0.300. The van der Waals surface area contributed by atoms with Crippen LogP contribution in [0.15, 0.2) is 54.6 Å². The molecule has 0 spiro atoms. The van der Waals surface area contributed by atoms with Crippen molar-refractivity contribution >= 4 is 23.3 Å². The standard InChI is InChI=1S/C20H21N3O5/c1-28-20(25)18-12-7-15(21-19(24)14-5-3-2-4-6-14)13-22(18)16-8-10-17(11-9-16)23(26)27/h2-6,8-11,15,18H,7,12-13H2,1H3,(H,21,24)/t15-,18+/m1/s1. The van der Waals surface area contributed by atoms with E-state index in [1.165, 1.54) is 19.2 Å². The van der Waals surface area contributed by atoms with Crippen LogP contribution < -0.4 is 10.2 Å². The van der Waals surface area contributed by atoms with E-state index in [1.807, 2.05) is 11.0 Å². The summed E-state index contributed by atoms with van der Waals surface area (Å²) in [6.45, 7) is 0.399. The van der Waals surface area contributed by atoms with Gasteiger partial charge in [0.2, 0.25) is 0 Å². The van der Waals surface area contributed by atoms with Gasteiger partial charge in [-0.05, 0) is 37.1 Å². The van der Waals surface area contributed by atoms with Gasteiger partial charge in [-0.15, -0.1) is 0 Å². The number of benzene rings is 2. The SMILES string of the molecule is COC(=O)[C@@H]1CC[C@@H](NC(=O)c2ccccc2)CN1c1ccc([N+](=O)[O-])cc1. The van der Waals surface area contributed by atoms with Gasteiger partial charge in [-0.3, -0.25) is 14.9 Å².